The summed E-state index contributed by atoms with van der Waals surface area (Å²) in [5.74, 6) is -0.226. The molecule has 8 heteroatoms. The summed E-state index contributed by atoms with van der Waals surface area (Å²) in [6, 6.07) is 10.1. The molecule has 2 aliphatic heterocycles. The number of carbonyl (C=O) groups is 2. The third kappa shape index (κ3) is 6.01. The average Bonchev–Trinajstić information content (AvgIpc) is 3.49. The molecule has 4 rings (SSSR count). The number of benzene rings is 1. The standard InChI is InChI=1S/C27H32N2O6/c1-2-16-34-22-8-6-20(7-9-22)25-24(23(30)11-10-21-5-3-17-35-21)26(31)27(32)29(25)13-4-12-28-14-18-33-19-15-28/h3,5-11,17,25,31H,2,4,12-16,18-19H2,1H3. The number of nitrogens with zero attached hydrogens (tertiary/aromatic N) is 2. The summed E-state index contributed by atoms with van der Waals surface area (Å²) >= 11 is 0. The molecule has 1 saturated heterocycles. The molecule has 186 valence electrons. The average molecular weight is 481 g/mol. The first-order chi connectivity index (χ1) is 17.1. The SMILES string of the molecule is CCCOc1ccc(C2C(C(=O)C=Cc3ccco3)=C(O)C(=O)N2CCCN2CCOCC2)cc1. The first-order valence-electron chi connectivity index (χ1n) is 12.1. The molecule has 1 amide bonds. The first-order valence-corrected chi connectivity index (χ1v) is 12.1. The number of furan rings is 1. The van der Waals surface area contributed by atoms with Crippen LogP contribution in [0.4, 0.5) is 0 Å². The van der Waals surface area contributed by atoms with E-state index >= 15 is 0 Å². The van der Waals surface area contributed by atoms with E-state index in [1.807, 2.05) is 31.2 Å². The maximum absolute atomic E-state index is 13.2. The second-order valence-electron chi connectivity index (χ2n) is 8.60. The lowest BCUT2D eigenvalue weighted by molar-refractivity contribution is -0.129. The minimum atomic E-state index is -0.679. The van der Waals surface area contributed by atoms with Crippen molar-refractivity contribution in [2.45, 2.75) is 25.8 Å². The predicted molar refractivity (Wildman–Crippen MR) is 131 cm³/mol. The summed E-state index contributed by atoms with van der Waals surface area (Å²) in [5.41, 5.74) is 0.818. The molecule has 35 heavy (non-hydrogen) atoms. The lowest BCUT2D eigenvalue weighted by Gasteiger charge is -2.30. The molecule has 1 unspecified atom stereocenters. The third-order valence-corrected chi connectivity index (χ3v) is 6.16. The molecule has 2 aromatic rings. The largest absolute Gasteiger partial charge is 0.503 e. The Hall–Kier alpha value is -3.36. The Morgan fingerprint density at radius 2 is 1.94 bits per heavy atom. The van der Waals surface area contributed by atoms with Gasteiger partial charge in [0.15, 0.2) is 11.5 Å². The van der Waals surface area contributed by atoms with Crippen LogP contribution in [0.5, 0.6) is 5.75 Å². The van der Waals surface area contributed by atoms with E-state index in [2.05, 4.69) is 4.90 Å². The van der Waals surface area contributed by atoms with Crippen molar-refractivity contribution in [3.05, 3.63) is 71.4 Å². The van der Waals surface area contributed by atoms with Crippen molar-refractivity contribution in [1.82, 2.24) is 9.80 Å². The molecule has 1 aromatic heterocycles. The number of carbonyl (C=O) groups excluding carboxylic acids is 2. The second-order valence-corrected chi connectivity index (χ2v) is 8.60. The van der Waals surface area contributed by atoms with Crippen molar-refractivity contribution in [3.8, 4) is 5.75 Å². The Bertz CT molecular complexity index is 1050. The summed E-state index contributed by atoms with van der Waals surface area (Å²) in [5, 5.41) is 10.8. The summed E-state index contributed by atoms with van der Waals surface area (Å²) in [7, 11) is 0. The molecule has 0 aliphatic carbocycles. The van der Waals surface area contributed by atoms with Crippen LogP contribution in [0.15, 0.2) is 64.5 Å². The van der Waals surface area contributed by atoms with Crippen LogP contribution >= 0.6 is 0 Å². The smallest absolute Gasteiger partial charge is 0.290 e. The zero-order valence-electron chi connectivity index (χ0n) is 20.0. The second kappa shape index (κ2) is 11.9. The number of rotatable bonds is 11. The van der Waals surface area contributed by atoms with Gasteiger partial charge in [-0.15, -0.1) is 0 Å². The van der Waals surface area contributed by atoms with Gasteiger partial charge in [-0.25, -0.2) is 0 Å². The fourth-order valence-corrected chi connectivity index (χ4v) is 4.37. The zero-order chi connectivity index (χ0) is 24.6. The van der Waals surface area contributed by atoms with E-state index in [4.69, 9.17) is 13.9 Å². The molecule has 1 aromatic carbocycles. The number of allylic oxidation sites excluding steroid dienone is 1. The summed E-state index contributed by atoms with van der Waals surface area (Å²) in [6.07, 6.45) is 6.00. The van der Waals surface area contributed by atoms with Gasteiger partial charge in [-0.1, -0.05) is 19.1 Å². The van der Waals surface area contributed by atoms with Crippen LogP contribution < -0.4 is 4.74 Å². The van der Waals surface area contributed by atoms with Crippen LogP contribution in [-0.2, 0) is 14.3 Å². The van der Waals surface area contributed by atoms with Gasteiger partial charge < -0.3 is 23.9 Å². The van der Waals surface area contributed by atoms with E-state index in [1.165, 1.54) is 18.4 Å². The first kappa shape index (κ1) is 24.8. The molecule has 0 radical (unpaired) electrons. The highest BCUT2D eigenvalue weighted by Crippen LogP contribution is 2.38. The minimum absolute atomic E-state index is 0.0754. The lowest BCUT2D eigenvalue weighted by Crippen LogP contribution is -2.39. The summed E-state index contributed by atoms with van der Waals surface area (Å²) < 4.78 is 16.3. The van der Waals surface area contributed by atoms with E-state index in [-0.39, 0.29) is 5.57 Å². The lowest BCUT2D eigenvalue weighted by atomic mass is 9.95. The van der Waals surface area contributed by atoms with Crippen molar-refractivity contribution in [3.63, 3.8) is 0 Å². The highest BCUT2D eigenvalue weighted by molar-refractivity contribution is 6.14. The van der Waals surface area contributed by atoms with Crippen LogP contribution in [0.3, 0.4) is 0 Å². The Kier molecular flexibility index (Phi) is 8.39. The molecule has 1 fully saturated rings. The summed E-state index contributed by atoms with van der Waals surface area (Å²) in [4.78, 5) is 30.2. The van der Waals surface area contributed by atoms with Crippen molar-refractivity contribution in [2.75, 3.05) is 46.0 Å². The number of hydrogen-bond donors (Lipinski definition) is 1. The monoisotopic (exact) mass is 480 g/mol. The number of aliphatic hydroxyl groups excluding tert-OH is 1. The van der Waals surface area contributed by atoms with Gasteiger partial charge in [0.2, 0.25) is 0 Å². The highest BCUT2D eigenvalue weighted by atomic mass is 16.5. The Labute approximate surface area is 205 Å². The van der Waals surface area contributed by atoms with E-state index < -0.39 is 23.5 Å². The molecule has 0 spiro atoms. The van der Waals surface area contributed by atoms with Crippen molar-refractivity contribution >= 4 is 17.8 Å². The quantitative estimate of drug-likeness (QED) is 0.490. The third-order valence-electron chi connectivity index (χ3n) is 6.16. The molecule has 2 aliphatic rings. The summed E-state index contributed by atoms with van der Waals surface area (Å²) in [6.45, 7) is 7.01. The predicted octanol–water partition coefficient (Wildman–Crippen LogP) is 3.77. The van der Waals surface area contributed by atoms with Crippen LogP contribution in [0.25, 0.3) is 6.08 Å². The molecule has 1 atom stereocenters. The fourth-order valence-electron chi connectivity index (χ4n) is 4.37. The van der Waals surface area contributed by atoms with E-state index in [0.29, 0.717) is 32.1 Å². The van der Waals surface area contributed by atoms with Gasteiger partial charge in [-0.3, -0.25) is 14.5 Å². The molecular weight excluding hydrogens is 448 g/mol. The zero-order valence-corrected chi connectivity index (χ0v) is 20.0. The number of ketones is 1. The Morgan fingerprint density at radius 3 is 2.63 bits per heavy atom. The highest BCUT2D eigenvalue weighted by Gasteiger charge is 2.42. The maximum Gasteiger partial charge on any atom is 0.290 e. The van der Waals surface area contributed by atoms with Gasteiger partial charge in [0.05, 0.1) is 37.7 Å². The van der Waals surface area contributed by atoms with Gasteiger partial charge in [-0.05, 0) is 54.8 Å². The number of morpholine rings is 1. The normalized spacial score (nSPS) is 19.2. The minimum Gasteiger partial charge on any atom is -0.503 e. The van der Waals surface area contributed by atoms with E-state index in [1.54, 1.807) is 17.0 Å². The number of ether oxygens (including phenoxy) is 2. The van der Waals surface area contributed by atoms with Gasteiger partial charge in [0.25, 0.3) is 5.91 Å². The maximum atomic E-state index is 13.2. The molecule has 0 bridgehead atoms. The number of amides is 1. The van der Waals surface area contributed by atoms with Crippen LogP contribution in [-0.4, -0.2) is 72.6 Å². The van der Waals surface area contributed by atoms with Crippen molar-refractivity contribution in [1.29, 1.82) is 0 Å². The molecular formula is C27H32N2O6. The van der Waals surface area contributed by atoms with Crippen LogP contribution in [0, 0.1) is 0 Å². The van der Waals surface area contributed by atoms with E-state index in [9.17, 15) is 14.7 Å². The van der Waals surface area contributed by atoms with Crippen LogP contribution in [0.2, 0.25) is 0 Å². The van der Waals surface area contributed by atoms with E-state index in [0.717, 1.165) is 43.8 Å². The topological polar surface area (TPSA) is 92.5 Å². The van der Waals surface area contributed by atoms with Crippen LogP contribution in [0.1, 0.15) is 37.1 Å². The molecule has 1 N–H and O–H groups in total. The number of aliphatic hydroxyl groups is 1. The van der Waals surface area contributed by atoms with Gasteiger partial charge in [0, 0.05) is 26.2 Å². The Balaban J connectivity index is 1.56. The number of hydrogen-bond acceptors (Lipinski definition) is 7. The fraction of sp³-hybridized carbons (Fsp3) is 0.407. The molecule has 0 saturated carbocycles. The van der Waals surface area contributed by atoms with Crippen molar-refractivity contribution in [2.24, 2.45) is 0 Å². The van der Waals surface area contributed by atoms with Gasteiger partial charge >= 0.3 is 0 Å². The van der Waals surface area contributed by atoms with Crippen molar-refractivity contribution < 1.29 is 28.6 Å². The molecule has 3 heterocycles. The van der Waals surface area contributed by atoms with Gasteiger partial charge in [0.1, 0.15) is 11.5 Å². The van der Waals surface area contributed by atoms with Gasteiger partial charge in [-0.2, -0.15) is 0 Å². The Morgan fingerprint density at radius 1 is 1.17 bits per heavy atom. The molecule has 8 nitrogen and oxygen atoms in total.